The number of nitrogen functional groups attached to an aromatic ring is 1. The van der Waals surface area contributed by atoms with E-state index >= 15 is 0 Å². The monoisotopic (exact) mass is 307 g/mol. The van der Waals surface area contributed by atoms with Crippen LogP contribution in [0.4, 0.5) is 5.13 Å². The van der Waals surface area contributed by atoms with Gasteiger partial charge in [0.25, 0.3) is 5.56 Å². The van der Waals surface area contributed by atoms with E-state index in [1.807, 2.05) is 18.2 Å². The summed E-state index contributed by atoms with van der Waals surface area (Å²) in [6, 6.07) is 5.74. The Balaban J connectivity index is 2.62. The maximum atomic E-state index is 11.7. The van der Waals surface area contributed by atoms with E-state index in [1.165, 1.54) is 11.3 Å². The molecule has 6 heteroatoms. The number of nitrogens with zero attached hydrogens (tertiary/aromatic N) is 2. The van der Waals surface area contributed by atoms with E-state index in [1.54, 1.807) is 6.20 Å². The lowest BCUT2D eigenvalue weighted by atomic mass is 10.2. The Morgan fingerprint density at radius 3 is 2.94 bits per heavy atom. The van der Waals surface area contributed by atoms with Crippen molar-refractivity contribution in [2.24, 2.45) is 0 Å². The number of hydrogen-bond acceptors (Lipinski definition) is 5. The second-order valence-electron chi connectivity index (χ2n) is 3.52. The van der Waals surface area contributed by atoms with Gasteiger partial charge >= 0.3 is 0 Å². The van der Waals surface area contributed by atoms with Crippen LogP contribution < -0.4 is 11.3 Å². The van der Waals surface area contributed by atoms with Gasteiger partial charge in [0.05, 0.1) is 15.6 Å². The first-order valence-corrected chi connectivity index (χ1v) is 6.41. The number of hydrogen-bond donors (Lipinski definition) is 1. The lowest BCUT2D eigenvalue weighted by Crippen LogP contribution is -2.07. The van der Waals surface area contributed by atoms with Crippen LogP contribution >= 0.6 is 27.3 Å². The van der Waals surface area contributed by atoms with E-state index in [9.17, 15) is 4.79 Å². The molecule has 0 radical (unpaired) electrons. The molecule has 2 heterocycles. The van der Waals surface area contributed by atoms with Crippen molar-refractivity contribution in [3.8, 4) is 0 Å². The molecular formula is C11H6BrN3OS. The molecule has 0 fully saturated rings. The molecule has 3 rings (SSSR count). The second kappa shape index (κ2) is 3.75. The lowest BCUT2D eigenvalue weighted by molar-refractivity contribution is 1.31. The Morgan fingerprint density at radius 1 is 1.29 bits per heavy atom. The molecule has 84 valence electrons. The smallest absolute Gasteiger partial charge is 0.282 e. The van der Waals surface area contributed by atoms with E-state index in [0.29, 0.717) is 5.39 Å². The minimum absolute atomic E-state index is 0.273. The Hall–Kier alpha value is -1.53. The fourth-order valence-corrected chi connectivity index (χ4v) is 2.91. The van der Waals surface area contributed by atoms with Crippen molar-refractivity contribution in [2.45, 2.75) is 0 Å². The highest BCUT2D eigenvalue weighted by molar-refractivity contribution is 9.10. The maximum Gasteiger partial charge on any atom is 0.282 e. The lowest BCUT2D eigenvalue weighted by Gasteiger charge is -2.02. The molecule has 0 spiro atoms. The first-order valence-electron chi connectivity index (χ1n) is 4.80. The van der Waals surface area contributed by atoms with Gasteiger partial charge in [0.15, 0.2) is 5.13 Å². The van der Waals surface area contributed by atoms with Gasteiger partial charge in [-0.05, 0) is 18.2 Å². The van der Waals surface area contributed by atoms with Crippen molar-refractivity contribution >= 4 is 53.4 Å². The first kappa shape index (κ1) is 10.6. The normalized spacial score (nSPS) is 11.1. The van der Waals surface area contributed by atoms with Crippen molar-refractivity contribution in [1.29, 1.82) is 0 Å². The highest BCUT2D eigenvalue weighted by Crippen LogP contribution is 2.28. The third-order valence-electron chi connectivity index (χ3n) is 2.43. The highest BCUT2D eigenvalue weighted by atomic mass is 79.9. The van der Waals surface area contributed by atoms with Crippen LogP contribution in [-0.2, 0) is 0 Å². The number of fused-ring (bicyclic) bond motifs is 3. The zero-order valence-electron chi connectivity index (χ0n) is 8.48. The van der Waals surface area contributed by atoms with E-state index in [2.05, 4.69) is 25.9 Å². The molecule has 3 aromatic rings. The van der Waals surface area contributed by atoms with Gasteiger partial charge in [-0.2, -0.15) is 4.98 Å². The third-order valence-corrected chi connectivity index (χ3v) is 3.87. The molecule has 0 saturated carbocycles. The van der Waals surface area contributed by atoms with Crippen LogP contribution in [0.3, 0.4) is 0 Å². The number of pyridine rings is 1. The molecule has 2 N–H and O–H groups in total. The summed E-state index contributed by atoms with van der Waals surface area (Å²) in [4.78, 5) is 19.7. The molecule has 1 aromatic carbocycles. The minimum Gasteiger partial charge on any atom is -0.375 e. The fourth-order valence-electron chi connectivity index (χ4n) is 1.69. The molecule has 17 heavy (non-hydrogen) atoms. The van der Waals surface area contributed by atoms with Crippen molar-refractivity contribution in [1.82, 2.24) is 9.97 Å². The van der Waals surface area contributed by atoms with Gasteiger partial charge in [0, 0.05) is 16.1 Å². The number of nitrogens with two attached hydrogens (primary N) is 1. The van der Waals surface area contributed by atoms with Gasteiger partial charge in [-0.3, -0.25) is 9.78 Å². The first-order chi connectivity index (χ1) is 8.15. The van der Waals surface area contributed by atoms with E-state index < -0.39 is 0 Å². The molecular weight excluding hydrogens is 302 g/mol. The molecule has 0 bridgehead atoms. The standard InChI is InChI=1S/C11H6BrN3OS/c12-5-1-2-8-6(3-5)9-7(4-14-8)10(16)15-11(13)17-9/h1-4H,(H2,13,15,16). The number of aromatic nitrogens is 2. The van der Waals surface area contributed by atoms with Gasteiger partial charge in [0.2, 0.25) is 0 Å². The Bertz CT molecular complexity index is 800. The molecule has 0 aliphatic rings. The molecule has 0 unspecified atom stereocenters. The van der Waals surface area contributed by atoms with Crippen LogP contribution in [0.25, 0.3) is 21.0 Å². The molecule has 0 amide bonds. The summed E-state index contributed by atoms with van der Waals surface area (Å²) in [6.07, 6.45) is 1.55. The average molecular weight is 308 g/mol. The topological polar surface area (TPSA) is 68.9 Å². The largest absolute Gasteiger partial charge is 0.375 e. The molecule has 0 saturated heterocycles. The number of anilines is 1. The molecule has 0 aliphatic heterocycles. The maximum absolute atomic E-state index is 11.7. The Morgan fingerprint density at radius 2 is 2.12 bits per heavy atom. The quantitative estimate of drug-likeness (QED) is 0.648. The van der Waals surface area contributed by atoms with Crippen LogP contribution in [0.5, 0.6) is 0 Å². The molecule has 4 nitrogen and oxygen atoms in total. The van der Waals surface area contributed by atoms with Gasteiger partial charge in [-0.25, -0.2) is 0 Å². The Kier molecular flexibility index (Phi) is 2.34. The zero-order chi connectivity index (χ0) is 12.0. The summed E-state index contributed by atoms with van der Waals surface area (Å²) < 4.78 is 1.77. The van der Waals surface area contributed by atoms with Crippen LogP contribution in [0.2, 0.25) is 0 Å². The van der Waals surface area contributed by atoms with Crippen LogP contribution in [-0.4, -0.2) is 9.97 Å². The van der Waals surface area contributed by atoms with E-state index in [-0.39, 0.29) is 10.7 Å². The molecule has 2 aromatic heterocycles. The van der Waals surface area contributed by atoms with Crippen LogP contribution in [0.15, 0.2) is 33.7 Å². The van der Waals surface area contributed by atoms with E-state index in [4.69, 9.17) is 5.73 Å². The summed E-state index contributed by atoms with van der Waals surface area (Å²) >= 11 is 4.71. The van der Waals surface area contributed by atoms with Crippen molar-refractivity contribution in [3.05, 3.63) is 39.2 Å². The summed E-state index contributed by atoms with van der Waals surface area (Å²) in [5, 5.41) is 1.69. The third kappa shape index (κ3) is 1.69. The SMILES string of the molecule is Nc1nc(=O)c2cnc3ccc(Br)cc3c2s1. The Labute approximate surface area is 108 Å². The summed E-state index contributed by atoms with van der Waals surface area (Å²) in [7, 11) is 0. The van der Waals surface area contributed by atoms with Gasteiger partial charge in [-0.1, -0.05) is 27.3 Å². The van der Waals surface area contributed by atoms with Gasteiger partial charge < -0.3 is 5.73 Å². The summed E-state index contributed by atoms with van der Waals surface area (Å²) in [6.45, 7) is 0. The predicted octanol–water partition coefficient (Wildman–Crippen LogP) is 2.55. The number of benzene rings is 1. The summed E-state index contributed by atoms with van der Waals surface area (Å²) in [5.41, 5.74) is 6.14. The highest BCUT2D eigenvalue weighted by Gasteiger charge is 2.08. The minimum atomic E-state index is -0.328. The van der Waals surface area contributed by atoms with E-state index in [0.717, 1.165) is 20.1 Å². The molecule has 0 atom stereocenters. The molecule has 0 aliphatic carbocycles. The van der Waals surface area contributed by atoms with Gasteiger partial charge in [0.1, 0.15) is 0 Å². The van der Waals surface area contributed by atoms with Crippen molar-refractivity contribution in [3.63, 3.8) is 0 Å². The summed E-state index contributed by atoms with van der Waals surface area (Å²) in [5.74, 6) is 0. The van der Waals surface area contributed by atoms with Gasteiger partial charge in [-0.15, -0.1) is 0 Å². The second-order valence-corrected chi connectivity index (χ2v) is 5.47. The predicted molar refractivity (Wildman–Crippen MR) is 73.3 cm³/mol. The van der Waals surface area contributed by atoms with Crippen LogP contribution in [0, 0.1) is 0 Å². The number of rotatable bonds is 0. The van der Waals surface area contributed by atoms with Crippen molar-refractivity contribution < 1.29 is 0 Å². The van der Waals surface area contributed by atoms with Crippen LogP contribution in [0.1, 0.15) is 0 Å². The number of halogens is 1. The average Bonchev–Trinajstić information content (AvgIpc) is 2.28. The van der Waals surface area contributed by atoms with Crippen molar-refractivity contribution in [2.75, 3.05) is 5.73 Å². The fraction of sp³-hybridized carbons (Fsp3) is 0. The zero-order valence-corrected chi connectivity index (χ0v) is 10.9.